The molecule has 0 unspecified atom stereocenters. The number of carbonyl (C=O) groups excluding carboxylic acids is 1. The van der Waals surface area contributed by atoms with E-state index in [-0.39, 0.29) is 30.8 Å². The molecule has 3 aromatic rings. The van der Waals surface area contributed by atoms with Gasteiger partial charge in [0, 0.05) is 31.3 Å². The van der Waals surface area contributed by atoms with Crippen molar-refractivity contribution >= 4 is 34.5 Å². The molecule has 1 amide bonds. The zero-order valence-electron chi connectivity index (χ0n) is 21.3. The topological polar surface area (TPSA) is 139 Å². The predicted octanol–water partition coefficient (Wildman–Crippen LogP) is 2.46. The number of fused-ring (bicyclic) bond motifs is 2. The van der Waals surface area contributed by atoms with E-state index in [1.54, 1.807) is 13.3 Å². The first kappa shape index (κ1) is 26.8. The first-order valence-corrected chi connectivity index (χ1v) is 13.9. The average Bonchev–Trinajstić information content (AvgIpc) is 2.94. The van der Waals surface area contributed by atoms with Gasteiger partial charge in [-0.15, -0.1) is 11.8 Å². The Morgan fingerprint density at radius 2 is 2.13 bits per heavy atom. The van der Waals surface area contributed by atoms with Crippen molar-refractivity contribution in [3.8, 4) is 5.88 Å². The number of methoxy groups -OCH3 is 1. The van der Waals surface area contributed by atoms with E-state index in [2.05, 4.69) is 25.6 Å². The molecule has 2 aliphatic rings. The molecular weight excluding hydrogens is 506 g/mol. The second-order valence-corrected chi connectivity index (χ2v) is 10.7. The van der Waals surface area contributed by atoms with Gasteiger partial charge in [0.05, 0.1) is 59.4 Å². The smallest absolute Gasteiger partial charge is 0.235 e. The first-order valence-electron chi connectivity index (χ1n) is 12.9. The fraction of sp³-hybridized carbons (Fsp3) is 0.481. The van der Waals surface area contributed by atoms with Crippen LogP contribution in [0.2, 0.25) is 0 Å². The monoisotopic (exact) mass is 539 g/mol. The van der Waals surface area contributed by atoms with Crippen molar-refractivity contribution in [3.05, 3.63) is 47.8 Å². The quantitative estimate of drug-likeness (QED) is 0.304. The fourth-order valence-electron chi connectivity index (χ4n) is 5.00. The third kappa shape index (κ3) is 6.41. The number of hydrogen-bond donors (Lipinski definition) is 4. The maximum absolute atomic E-state index is 11.7. The highest BCUT2D eigenvalue weighted by atomic mass is 32.2. The Labute approximate surface area is 225 Å². The van der Waals surface area contributed by atoms with Gasteiger partial charge in [0.2, 0.25) is 11.8 Å². The van der Waals surface area contributed by atoms with Gasteiger partial charge in [-0.3, -0.25) is 9.78 Å². The Kier molecular flexibility index (Phi) is 8.70. The van der Waals surface area contributed by atoms with Crippen molar-refractivity contribution in [3.63, 3.8) is 0 Å². The Hall–Kier alpha value is -2.83. The summed E-state index contributed by atoms with van der Waals surface area (Å²) in [5.74, 6) is 1.53. The van der Waals surface area contributed by atoms with Crippen molar-refractivity contribution in [2.45, 2.75) is 67.9 Å². The molecule has 10 nitrogen and oxygen atoms in total. The van der Waals surface area contributed by atoms with Crippen molar-refractivity contribution in [1.82, 2.24) is 20.3 Å². The number of nitrogens with zero attached hydrogens (tertiary/aromatic N) is 3. The van der Waals surface area contributed by atoms with Gasteiger partial charge in [0.1, 0.15) is 5.82 Å². The molecule has 0 spiro atoms. The number of aliphatic hydroxyl groups excluding tert-OH is 2. The molecule has 0 bridgehead atoms. The van der Waals surface area contributed by atoms with E-state index in [1.165, 1.54) is 11.8 Å². The summed E-state index contributed by atoms with van der Waals surface area (Å²) in [5.41, 5.74) is 3.58. The van der Waals surface area contributed by atoms with Gasteiger partial charge < -0.3 is 30.3 Å². The minimum Gasteiger partial charge on any atom is -0.481 e. The number of amides is 1. The molecule has 202 valence electrons. The Morgan fingerprint density at radius 3 is 2.97 bits per heavy atom. The van der Waals surface area contributed by atoms with E-state index >= 15 is 0 Å². The number of aliphatic hydroxyl groups is 2. The first-order chi connectivity index (χ1) is 18.5. The average molecular weight is 540 g/mol. The van der Waals surface area contributed by atoms with E-state index in [1.807, 2.05) is 30.3 Å². The van der Waals surface area contributed by atoms with Crippen LogP contribution in [0.15, 0.2) is 41.4 Å². The van der Waals surface area contributed by atoms with Crippen molar-refractivity contribution in [2.75, 3.05) is 24.8 Å². The van der Waals surface area contributed by atoms with E-state index in [0.717, 1.165) is 52.9 Å². The normalized spacial score (nSPS) is 22.1. The number of thioether (sulfide) groups is 1. The van der Waals surface area contributed by atoms with Crippen LogP contribution in [0, 0.1) is 0 Å². The van der Waals surface area contributed by atoms with Crippen molar-refractivity contribution < 1.29 is 24.5 Å². The van der Waals surface area contributed by atoms with Crippen LogP contribution < -0.4 is 15.4 Å². The lowest BCUT2D eigenvalue weighted by Crippen LogP contribution is -2.48. The highest BCUT2D eigenvalue weighted by molar-refractivity contribution is 8.00. The predicted molar refractivity (Wildman–Crippen MR) is 144 cm³/mol. The Morgan fingerprint density at radius 1 is 1.24 bits per heavy atom. The number of hydrogen-bond acceptors (Lipinski definition) is 10. The number of aromatic nitrogens is 3. The molecule has 4 N–H and O–H groups in total. The van der Waals surface area contributed by atoms with E-state index in [9.17, 15) is 15.0 Å². The summed E-state index contributed by atoms with van der Waals surface area (Å²) in [7, 11) is 1.60. The molecule has 1 fully saturated rings. The molecule has 0 aromatic carbocycles. The van der Waals surface area contributed by atoms with Gasteiger partial charge in [-0.25, -0.2) is 9.97 Å². The highest BCUT2D eigenvalue weighted by Gasteiger charge is 2.32. The summed E-state index contributed by atoms with van der Waals surface area (Å²) >= 11 is 1.49. The molecule has 5 heterocycles. The van der Waals surface area contributed by atoms with Crippen LogP contribution >= 0.6 is 11.8 Å². The molecule has 0 saturated carbocycles. The number of nitrogens with one attached hydrogen (secondary N) is 2. The molecular formula is C27H33N5O5S. The van der Waals surface area contributed by atoms with Crippen molar-refractivity contribution in [2.24, 2.45) is 0 Å². The fourth-order valence-corrected chi connectivity index (χ4v) is 5.76. The second kappa shape index (κ2) is 12.4. The minimum absolute atomic E-state index is 0.00179. The SMILES string of the molecule is COc1ccc2nccc(CC[C@@H]3CC[C@@H](NCc4ccc5c(n4)NC(=O)CS5)[C@@H](C[C@H](O)CO)O3)c2n1. The van der Waals surface area contributed by atoms with Gasteiger partial charge in [0.15, 0.2) is 0 Å². The van der Waals surface area contributed by atoms with E-state index in [4.69, 9.17) is 9.47 Å². The standard InChI is InChI=1S/C27H33N5O5S/c1-36-25-9-7-21-26(32-25)16(10-11-28-21)2-4-19-5-6-20(22(37-19)12-18(34)14-33)29-13-17-3-8-23-27(30-17)31-24(35)15-38-23/h3,7-11,18-20,22,29,33-34H,2,4-6,12-15H2,1H3,(H,30,31,35)/t18-,19+,20+,22+/m0/s1. The summed E-state index contributed by atoms with van der Waals surface area (Å²) in [6.07, 6.45) is 4.38. The van der Waals surface area contributed by atoms with Crippen LogP contribution in [0.3, 0.4) is 0 Å². The summed E-state index contributed by atoms with van der Waals surface area (Å²) in [6, 6.07) is 9.65. The lowest BCUT2D eigenvalue weighted by Gasteiger charge is -2.38. The lowest BCUT2D eigenvalue weighted by molar-refractivity contribution is -0.113. The molecule has 11 heteroatoms. The maximum atomic E-state index is 11.7. The van der Waals surface area contributed by atoms with Crippen LogP contribution in [0.4, 0.5) is 5.82 Å². The van der Waals surface area contributed by atoms with Gasteiger partial charge >= 0.3 is 0 Å². The van der Waals surface area contributed by atoms with E-state index in [0.29, 0.717) is 30.4 Å². The Balaban J connectivity index is 1.22. The minimum atomic E-state index is -0.849. The maximum Gasteiger partial charge on any atom is 0.235 e. The van der Waals surface area contributed by atoms with Crippen LogP contribution in [-0.4, -0.2) is 74.9 Å². The van der Waals surface area contributed by atoms with E-state index < -0.39 is 6.10 Å². The van der Waals surface area contributed by atoms with Crippen molar-refractivity contribution in [1.29, 1.82) is 0 Å². The molecule has 38 heavy (non-hydrogen) atoms. The summed E-state index contributed by atoms with van der Waals surface area (Å²) < 4.78 is 11.8. The molecule has 5 rings (SSSR count). The van der Waals surface area contributed by atoms with Crippen LogP contribution in [-0.2, 0) is 22.5 Å². The van der Waals surface area contributed by atoms with Gasteiger partial charge in [0.25, 0.3) is 0 Å². The summed E-state index contributed by atoms with van der Waals surface area (Å²) in [6.45, 7) is 0.201. The van der Waals surface area contributed by atoms with Gasteiger partial charge in [-0.2, -0.15) is 0 Å². The third-order valence-electron chi connectivity index (χ3n) is 7.00. The molecule has 4 atom stereocenters. The lowest BCUT2D eigenvalue weighted by atomic mass is 9.92. The highest BCUT2D eigenvalue weighted by Crippen LogP contribution is 2.30. The molecule has 2 aliphatic heterocycles. The summed E-state index contributed by atoms with van der Waals surface area (Å²) in [4.78, 5) is 26.3. The zero-order valence-corrected chi connectivity index (χ0v) is 22.1. The number of pyridine rings is 3. The number of anilines is 1. The number of aryl methyl sites for hydroxylation is 1. The molecule has 3 aromatic heterocycles. The van der Waals surface area contributed by atoms with Gasteiger partial charge in [-0.05, 0) is 55.5 Å². The molecule has 1 saturated heterocycles. The number of carbonyl (C=O) groups is 1. The number of ether oxygens (including phenoxy) is 2. The number of rotatable bonds is 10. The van der Waals surface area contributed by atoms with Gasteiger partial charge in [-0.1, -0.05) is 0 Å². The Bertz CT molecular complexity index is 1280. The second-order valence-electron chi connectivity index (χ2n) is 9.65. The summed E-state index contributed by atoms with van der Waals surface area (Å²) in [5, 5.41) is 26.0. The van der Waals surface area contributed by atoms with Crippen LogP contribution in [0.25, 0.3) is 11.0 Å². The third-order valence-corrected chi connectivity index (χ3v) is 8.04. The largest absolute Gasteiger partial charge is 0.481 e. The zero-order chi connectivity index (χ0) is 26.5. The van der Waals surface area contributed by atoms with Crippen LogP contribution in [0.5, 0.6) is 5.88 Å². The molecule has 0 aliphatic carbocycles. The molecule has 0 radical (unpaired) electrons. The van der Waals surface area contributed by atoms with Crippen LogP contribution in [0.1, 0.15) is 36.9 Å².